The second kappa shape index (κ2) is 4.91. The molecule has 1 aromatic carbocycles. The van der Waals surface area contributed by atoms with Crippen LogP contribution in [0.25, 0.3) is 11.0 Å². The molecule has 90 valence electrons. The normalized spacial score (nSPS) is 10.6. The SMILES string of the molecule is CCCCNc1c(N)c(=O)oc2ccccc12. The van der Waals surface area contributed by atoms with Crippen LogP contribution < -0.4 is 16.7 Å². The molecule has 0 radical (unpaired) electrons. The molecule has 1 heterocycles. The van der Waals surface area contributed by atoms with E-state index in [2.05, 4.69) is 12.2 Å². The third-order valence-corrected chi connectivity index (χ3v) is 2.68. The van der Waals surface area contributed by atoms with E-state index in [0.717, 1.165) is 24.8 Å². The number of hydrogen-bond acceptors (Lipinski definition) is 4. The molecule has 0 aliphatic heterocycles. The highest BCUT2D eigenvalue weighted by molar-refractivity contribution is 5.95. The topological polar surface area (TPSA) is 68.3 Å². The van der Waals surface area contributed by atoms with E-state index in [1.54, 1.807) is 6.07 Å². The quantitative estimate of drug-likeness (QED) is 0.628. The minimum Gasteiger partial charge on any atom is -0.421 e. The van der Waals surface area contributed by atoms with E-state index in [-0.39, 0.29) is 5.69 Å². The Kier molecular flexibility index (Phi) is 3.32. The van der Waals surface area contributed by atoms with Gasteiger partial charge in [0.25, 0.3) is 0 Å². The number of nitrogen functional groups attached to an aromatic ring is 1. The number of para-hydroxylation sites is 1. The fourth-order valence-corrected chi connectivity index (χ4v) is 1.74. The molecule has 0 aliphatic rings. The van der Waals surface area contributed by atoms with E-state index in [9.17, 15) is 4.79 Å². The van der Waals surface area contributed by atoms with Crippen LogP contribution in [0.15, 0.2) is 33.5 Å². The van der Waals surface area contributed by atoms with Gasteiger partial charge in [-0.25, -0.2) is 4.79 Å². The highest BCUT2D eigenvalue weighted by Crippen LogP contribution is 2.26. The predicted octanol–water partition coefficient (Wildman–Crippen LogP) is 2.59. The van der Waals surface area contributed by atoms with E-state index in [1.165, 1.54) is 0 Å². The molecular formula is C13H16N2O2. The molecule has 1 aromatic heterocycles. The van der Waals surface area contributed by atoms with Crippen LogP contribution in [0, 0.1) is 0 Å². The van der Waals surface area contributed by atoms with Gasteiger partial charge in [0, 0.05) is 11.9 Å². The summed E-state index contributed by atoms with van der Waals surface area (Å²) in [5.74, 6) is 0. The first-order valence-electron chi connectivity index (χ1n) is 5.79. The molecule has 0 saturated heterocycles. The number of nitrogens with one attached hydrogen (secondary N) is 1. The van der Waals surface area contributed by atoms with Crippen LogP contribution in [0.3, 0.4) is 0 Å². The van der Waals surface area contributed by atoms with Crippen molar-refractivity contribution in [2.45, 2.75) is 19.8 Å². The molecular weight excluding hydrogens is 216 g/mol. The molecule has 2 rings (SSSR count). The van der Waals surface area contributed by atoms with E-state index < -0.39 is 5.63 Å². The number of unbranched alkanes of at least 4 members (excludes halogenated alkanes) is 1. The van der Waals surface area contributed by atoms with Crippen LogP contribution in [-0.2, 0) is 0 Å². The Hall–Kier alpha value is -1.97. The standard InChI is InChI=1S/C13H16N2O2/c1-2-3-8-15-12-9-6-4-5-7-10(9)17-13(16)11(12)14/h4-7,15H,2-3,8,14H2,1H3. The Balaban J connectivity index is 2.50. The average molecular weight is 232 g/mol. The lowest BCUT2D eigenvalue weighted by Gasteiger charge is -2.10. The van der Waals surface area contributed by atoms with Gasteiger partial charge in [0.2, 0.25) is 0 Å². The van der Waals surface area contributed by atoms with Crippen molar-refractivity contribution in [3.63, 3.8) is 0 Å². The Bertz CT molecular complexity index is 575. The molecule has 0 amide bonds. The van der Waals surface area contributed by atoms with Gasteiger partial charge in [0.1, 0.15) is 11.3 Å². The van der Waals surface area contributed by atoms with Crippen molar-refractivity contribution in [1.82, 2.24) is 0 Å². The summed E-state index contributed by atoms with van der Waals surface area (Å²) >= 11 is 0. The first-order chi connectivity index (χ1) is 8.24. The molecule has 0 atom stereocenters. The molecule has 4 heteroatoms. The summed E-state index contributed by atoms with van der Waals surface area (Å²) in [4.78, 5) is 11.6. The number of rotatable bonds is 4. The van der Waals surface area contributed by atoms with Crippen molar-refractivity contribution in [3.8, 4) is 0 Å². The minimum atomic E-state index is -0.484. The summed E-state index contributed by atoms with van der Waals surface area (Å²) in [6.45, 7) is 2.91. The average Bonchev–Trinajstić information content (AvgIpc) is 2.34. The molecule has 0 fully saturated rings. The summed E-state index contributed by atoms with van der Waals surface area (Å²) in [7, 11) is 0. The molecule has 3 N–H and O–H groups in total. The fourth-order valence-electron chi connectivity index (χ4n) is 1.74. The van der Waals surface area contributed by atoms with Gasteiger partial charge in [-0.05, 0) is 18.6 Å². The van der Waals surface area contributed by atoms with Crippen molar-refractivity contribution >= 4 is 22.3 Å². The third kappa shape index (κ3) is 2.25. The van der Waals surface area contributed by atoms with Crippen LogP contribution in [0.1, 0.15) is 19.8 Å². The van der Waals surface area contributed by atoms with Gasteiger partial charge in [-0.1, -0.05) is 25.5 Å². The van der Waals surface area contributed by atoms with Gasteiger partial charge < -0.3 is 15.5 Å². The van der Waals surface area contributed by atoms with Gasteiger partial charge in [-0.15, -0.1) is 0 Å². The van der Waals surface area contributed by atoms with Crippen LogP contribution in [0.5, 0.6) is 0 Å². The lowest BCUT2D eigenvalue weighted by atomic mass is 10.2. The van der Waals surface area contributed by atoms with Crippen molar-refractivity contribution in [3.05, 3.63) is 34.7 Å². The molecule has 0 bridgehead atoms. The third-order valence-electron chi connectivity index (χ3n) is 2.68. The van der Waals surface area contributed by atoms with Crippen molar-refractivity contribution in [2.75, 3.05) is 17.6 Å². The summed E-state index contributed by atoms with van der Waals surface area (Å²) in [5, 5.41) is 4.06. The Morgan fingerprint density at radius 3 is 2.88 bits per heavy atom. The van der Waals surface area contributed by atoms with E-state index in [4.69, 9.17) is 10.2 Å². The van der Waals surface area contributed by atoms with Crippen LogP contribution in [0.2, 0.25) is 0 Å². The minimum absolute atomic E-state index is 0.153. The molecule has 2 aromatic rings. The van der Waals surface area contributed by atoms with Crippen LogP contribution in [-0.4, -0.2) is 6.54 Å². The fraction of sp³-hybridized carbons (Fsp3) is 0.308. The lowest BCUT2D eigenvalue weighted by molar-refractivity contribution is 0.564. The molecule has 0 spiro atoms. The van der Waals surface area contributed by atoms with Crippen LogP contribution >= 0.6 is 0 Å². The molecule has 0 unspecified atom stereocenters. The Morgan fingerprint density at radius 2 is 2.12 bits per heavy atom. The predicted molar refractivity (Wildman–Crippen MR) is 70.3 cm³/mol. The summed E-state index contributed by atoms with van der Waals surface area (Å²) in [6, 6.07) is 7.38. The molecule has 4 nitrogen and oxygen atoms in total. The lowest BCUT2D eigenvalue weighted by Crippen LogP contribution is -2.12. The first-order valence-corrected chi connectivity index (χ1v) is 5.79. The van der Waals surface area contributed by atoms with Gasteiger partial charge in [0.05, 0.1) is 5.69 Å². The number of nitrogens with two attached hydrogens (primary N) is 1. The zero-order valence-corrected chi connectivity index (χ0v) is 9.82. The summed E-state index contributed by atoms with van der Waals surface area (Å²) < 4.78 is 5.12. The van der Waals surface area contributed by atoms with Gasteiger partial charge >= 0.3 is 5.63 Å². The zero-order valence-electron chi connectivity index (χ0n) is 9.82. The smallest absolute Gasteiger partial charge is 0.361 e. The van der Waals surface area contributed by atoms with Gasteiger partial charge in [0.15, 0.2) is 0 Å². The largest absolute Gasteiger partial charge is 0.421 e. The number of fused-ring (bicyclic) bond motifs is 1. The highest BCUT2D eigenvalue weighted by Gasteiger charge is 2.10. The highest BCUT2D eigenvalue weighted by atomic mass is 16.4. The van der Waals surface area contributed by atoms with Gasteiger partial charge in [-0.2, -0.15) is 0 Å². The monoisotopic (exact) mass is 232 g/mol. The second-order valence-corrected chi connectivity index (χ2v) is 3.95. The zero-order chi connectivity index (χ0) is 12.3. The second-order valence-electron chi connectivity index (χ2n) is 3.95. The van der Waals surface area contributed by atoms with Crippen molar-refractivity contribution in [1.29, 1.82) is 0 Å². The maximum Gasteiger partial charge on any atom is 0.361 e. The maximum absolute atomic E-state index is 11.6. The van der Waals surface area contributed by atoms with E-state index >= 15 is 0 Å². The Morgan fingerprint density at radius 1 is 1.35 bits per heavy atom. The molecule has 0 aliphatic carbocycles. The summed E-state index contributed by atoms with van der Waals surface area (Å²) in [5.41, 5.74) is 6.68. The molecule has 17 heavy (non-hydrogen) atoms. The number of anilines is 2. The Labute approximate surface area is 99.4 Å². The van der Waals surface area contributed by atoms with Crippen LogP contribution in [0.4, 0.5) is 11.4 Å². The summed E-state index contributed by atoms with van der Waals surface area (Å²) in [6.07, 6.45) is 2.13. The van der Waals surface area contributed by atoms with E-state index in [0.29, 0.717) is 11.3 Å². The van der Waals surface area contributed by atoms with Crippen molar-refractivity contribution in [2.24, 2.45) is 0 Å². The van der Waals surface area contributed by atoms with Crippen molar-refractivity contribution < 1.29 is 4.42 Å². The van der Waals surface area contributed by atoms with E-state index in [1.807, 2.05) is 18.2 Å². The number of benzene rings is 1. The first kappa shape index (κ1) is 11.5. The maximum atomic E-state index is 11.6. The van der Waals surface area contributed by atoms with Gasteiger partial charge in [-0.3, -0.25) is 0 Å². The number of hydrogen-bond donors (Lipinski definition) is 2. The molecule has 0 saturated carbocycles.